The second-order valence-electron chi connectivity index (χ2n) is 6.49. The molecule has 2 aromatic carbocycles. The number of carbonyl (C=O) groups is 1. The number of ether oxygens (including phenoxy) is 2. The van der Waals surface area contributed by atoms with Crippen LogP contribution in [0.3, 0.4) is 0 Å². The van der Waals surface area contributed by atoms with Gasteiger partial charge in [0.1, 0.15) is 6.61 Å². The summed E-state index contributed by atoms with van der Waals surface area (Å²) in [6, 6.07) is 17.9. The molecule has 0 bridgehead atoms. The van der Waals surface area contributed by atoms with E-state index in [1.54, 1.807) is 0 Å². The minimum atomic E-state index is -0.167. The van der Waals surface area contributed by atoms with E-state index < -0.39 is 0 Å². The fourth-order valence-corrected chi connectivity index (χ4v) is 3.28. The molecule has 26 heavy (non-hydrogen) atoms. The van der Waals surface area contributed by atoms with Gasteiger partial charge in [-0.15, -0.1) is 0 Å². The molecule has 2 aliphatic rings. The van der Waals surface area contributed by atoms with Gasteiger partial charge in [-0.05, 0) is 24.3 Å². The number of amides is 2. The van der Waals surface area contributed by atoms with Crippen molar-refractivity contribution in [2.75, 3.05) is 44.2 Å². The Morgan fingerprint density at radius 2 is 1.65 bits per heavy atom. The van der Waals surface area contributed by atoms with Gasteiger partial charge in [-0.2, -0.15) is 0 Å². The first kappa shape index (κ1) is 16.6. The summed E-state index contributed by atoms with van der Waals surface area (Å²) in [5.41, 5.74) is 1.21. The molecule has 2 amide bonds. The molecule has 0 radical (unpaired) electrons. The van der Waals surface area contributed by atoms with Crippen LogP contribution in [-0.2, 0) is 0 Å². The number of para-hydroxylation sites is 3. The van der Waals surface area contributed by atoms with Gasteiger partial charge in [0.2, 0.25) is 0 Å². The maximum absolute atomic E-state index is 12.4. The maximum Gasteiger partial charge on any atom is 0.317 e. The van der Waals surface area contributed by atoms with Crippen molar-refractivity contribution in [2.45, 2.75) is 6.10 Å². The molecular formula is C20H23N3O3. The SMILES string of the molecule is O=C(NC[C@@H]1COc2ccccc2O1)N1CCN(c2ccccc2)CC1. The fourth-order valence-electron chi connectivity index (χ4n) is 3.28. The third-order valence-electron chi connectivity index (χ3n) is 4.74. The van der Waals surface area contributed by atoms with Crippen molar-refractivity contribution in [3.63, 3.8) is 0 Å². The van der Waals surface area contributed by atoms with E-state index in [1.165, 1.54) is 5.69 Å². The van der Waals surface area contributed by atoms with Crippen molar-refractivity contribution in [1.29, 1.82) is 0 Å². The third kappa shape index (κ3) is 3.69. The largest absolute Gasteiger partial charge is 0.486 e. The average molecular weight is 353 g/mol. The van der Waals surface area contributed by atoms with Crippen LogP contribution in [0.15, 0.2) is 54.6 Å². The lowest BCUT2D eigenvalue weighted by molar-refractivity contribution is 0.0900. The highest BCUT2D eigenvalue weighted by atomic mass is 16.6. The third-order valence-corrected chi connectivity index (χ3v) is 4.74. The first-order chi connectivity index (χ1) is 12.8. The Kier molecular flexibility index (Phi) is 4.82. The number of benzene rings is 2. The van der Waals surface area contributed by atoms with Gasteiger partial charge in [0.15, 0.2) is 17.6 Å². The number of fused-ring (bicyclic) bond motifs is 1. The molecule has 136 valence electrons. The summed E-state index contributed by atoms with van der Waals surface area (Å²) in [5, 5.41) is 2.97. The van der Waals surface area contributed by atoms with Crippen molar-refractivity contribution in [2.24, 2.45) is 0 Å². The van der Waals surface area contributed by atoms with Crippen molar-refractivity contribution in [3.05, 3.63) is 54.6 Å². The molecule has 6 heteroatoms. The van der Waals surface area contributed by atoms with E-state index in [1.807, 2.05) is 47.4 Å². The van der Waals surface area contributed by atoms with Gasteiger partial charge in [0.25, 0.3) is 0 Å². The Labute approximate surface area is 153 Å². The molecule has 1 N–H and O–H groups in total. The zero-order valence-electron chi connectivity index (χ0n) is 14.6. The van der Waals surface area contributed by atoms with Gasteiger partial charge >= 0.3 is 6.03 Å². The number of anilines is 1. The summed E-state index contributed by atoms with van der Waals surface area (Å²) in [6.07, 6.45) is -0.167. The van der Waals surface area contributed by atoms with Crippen molar-refractivity contribution >= 4 is 11.7 Å². The summed E-state index contributed by atoms with van der Waals surface area (Å²) in [4.78, 5) is 16.6. The second-order valence-corrected chi connectivity index (χ2v) is 6.49. The molecule has 4 rings (SSSR count). The van der Waals surface area contributed by atoms with Gasteiger partial charge in [-0.1, -0.05) is 30.3 Å². The Balaban J connectivity index is 1.24. The quantitative estimate of drug-likeness (QED) is 0.920. The maximum atomic E-state index is 12.4. The zero-order chi connectivity index (χ0) is 17.8. The number of nitrogens with one attached hydrogen (secondary N) is 1. The molecule has 0 aromatic heterocycles. The van der Waals surface area contributed by atoms with Crippen LogP contribution < -0.4 is 19.7 Å². The van der Waals surface area contributed by atoms with Gasteiger partial charge in [-0.3, -0.25) is 0 Å². The molecule has 2 aromatic rings. The predicted molar refractivity (Wildman–Crippen MR) is 100.0 cm³/mol. The predicted octanol–water partition coefficient (Wildman–Crippen LogP) is 2.36. The van der Waals surface area contributed by atoms with Crippen LogP contribution in [-0.4, -0.2) is 56.4 Å². The molecule has 6 nitrogen and oxygen atoms in total. The molecule has 0 saturated carbocycles. The van der Waals surface area contributed by atoms with E-state index in [0.717, 1.165) is 24.6 Å². The van der Waals surface area contributed by atoms with E-state index >= 15 is 0 Å². The lowest BCUT2D eigenvalue weighted by atomic mass is 10.2. The van der Waals surface area contributed by atoms with E-state index in [0.29, 0.717) is 26.2 Å². The van der Waals surface area contributed by atoms with E-state index in [4.69, 9.17) is 9.47 Å². The minimum Gasteiger partial charge on any atom is -0.486 e. The molecule has 0 spiro atoms. The van der Waals surface area contributed by atoms with Crippen molar-refractivity contribution in [3.8, 4) is 11.5 Å². The number of nitrogens with zero attached hydrogens (tertiary/aromatic N) is 2. The molecule has 1 fully saturated rings. The number of hydrogen-bond donors (Lipinski definition) is 1. The number of urea groups is 1. The van der Waals surface area contributed by atoms with Crippen LogP contribution in [0.1, 0.15) is 0 Å². The average Bonchev–Trinajstić information content (AvgIpc) is 2.72. The first-order valence-electron chi connectivity index (χ1n) is 9.01. The molecule has 0 unspecified atom stereocenters. The molecule has 1 atom stereocenters. The fraction of sp³-hybridized carbons (Fsp3) is 0.350. The van der Waals surface area contributed by atoms with E-state index in [9.17, 15) is 4.79 Å². The second kappa shape index (κ2) is 7.56. The topological polar surface area (TPSA) is 54.0 Å². The summed E-state index contributed by atoms with van der Waals surface area (Å²) >= 11 is 0. The zero-order valence-corrected chi connectivity index (χ0v) is 14.6. The standard InChI is InChI=1S/C20H23N3O3/c24-20(21-14-17-15-25-18-8-4-5-9-19(18)26-17)23-12-10-22(11-13-23)16-6-2-1-3-7-16/h1-9,17H,10-15H2,(H,21,24)/t17-/m1/s1. The molecular weight excluding hydrogens is 330 g/mol. The number of rotatable bonds is 3. The Hall–Kier alpha value is -2.89. The molecule has 0 aliphatic carbocycles. The Bertz CT molecular complexity index is 745. The van der Waals surface area contributed by atoms with E-state index in [2.05, 4.69) is 22.3 Å². The first-order valence-corrected chi connectivity index (χ1v) is 9.01. The lowest BCUT2D eigenvalue weighted by Gasteiger charge is -2.36. The van der Waals surface area contributed by atoms with Gasteiger partial charge in [-0.25, -0.2) is 4.79 Å². The van der Waals surface area contributed by atoms with E-state index in [-0.39, 0.29) is 12.1 Å². The summed E-state index contributed by atoms with van der Waals surface area (Å²) < 4.78 is 11.6. The van der Waals surface area contributed by atoms with Crippen LogP contribution in [0.5, 0.6) is 11.5 Å². The lowest BCUT2D eigenvalue weighted by Crippen LogP contribution is -2.53. The number of carbonyl (C=O) groups excluding carboxylic acids is 1. The normalized spacial score (nSPS) is 19.2. The van der Waals surface area contributed by atoms with Gasteiger partial charge in [0.05, 0.1) is 6.54 Å². The van der Waals surface area contributed by atoms with Crippen molar-refractivity contribution < 1.29 is 14.3 Å². The Morgan fingerprint density at radius 3 is 2.42 bits per heavy atom. The highest BCUT2D eigenvalue weighted by Crippen LogP contribution is 2.30. The summed E-state index contributed by atoms with van der Waals surface area (Å²) in [5.74, 6) is 1.49. The highest BCUT2D eigenvalue weighted by molar-refractivity contribution is 5.74. The monoisotopic (exact) mass is 353 g/mol. The van der Waals surface area contributed by atoms with Crippen LogP contribution in [0.4, 0.5) is 10.5 Å². The van der Waals surface area contributed by atoms with Crippen LogP contribution >= 0.6 is 0 Å². The van der Waals surface area contributed by atoms with Crippen LogP contribution in [0.25, 0.3) is 0 Å². The smallest absolute Gasteiger partial charge is 0.317 e. The van der Waals surface area contributed by atoms with Crippen LogP contribution in [0, 0.1) is 0 Å². The molecule has 2 heterocycles. The minimum absolute atomic E-state index is 0.0415. The highest BCUT2D eigenvalue weighted by Gasteiger charge is 2.24. The Morgan fingerprint density at radius 1 is 0.962 bits per heavy atom. The van der Waals surface area contributed by atoms with Gasteiger partial charge in [0, 0.05) is 31.9 Å². The van der Waals surface area contributed by atoms with Crippen LogP contribution in [0.2, 0.25) is 0 Å². The molecule has 2 aliphatic heterocycles. The van der Waals surface area contributed by atoms with Gasteiger partial charge < -0.3 is 24.6 Å². The molecule has 1 saturated heterocycles. The van der Waals surface area contributed by atoms with Crippen molar-refractivity contribution in [1.82, 2.24) is 10.2 Å². The number of piperazine rings is 1. The summed E-state index contributed by atoms with van der Waals surface area (Å²) in [6.45, 7) is 3.99. The summed E-state index contributed by atoms with van der Waals surface area (Å²) in [7, 11) is 0. The number of hydrogen-bond acceptors (Lipinski definition) is 4.